The van der Waals surface area contributed by atoms with E-state index in [9.17, 15) is 0 Å². The lowest BCUT2D eigenvalue weighted by molar-refractivity contribution is 0.267. The van der Waals surface area contributed by atoms with Crippen molar-refractivity contribution < 1.29 is 9.47 Å². The number of hydrogen-bond donors (Lipinski definition) is 1. The van der Waals surface area contributed by atoms with Crippen LogP contribution in [0.4, 0.5) is 0 Å². The van der Waals surface area contributed by atoms with Crippen molar-refractivity contribution in [1.82, 2.24) is 5.32 Å². The van der Waals surface area contributed by atoms with Crippen LogP contribution in [0.15, 0.2) is 65.1 Å². The number of rotatable bonds is 9. The van der Waals surface area contributed by atoms with E-state index in [1.165, 1.54) is 5.56 Å². The number of hydrogen-bond acceptors (Lipinski definition) is 3. The van der Waals surface area contributed by atoms with E-state index >= 15 is 0 Å². The van der Waals surface area contributed by atoms with E-state index in [1.807, 2.05) is 31.2 Å². The van der Waals surface area contributed by atoms with E-state index in [1.54, 1.807) is 12.1 Å². The van der Waals surface area contributed by atoms with Gasteiger partial charge in [0.15, 0.2) is 11.5 Å². The fourth-order valence-corrected chi connectivity index (χ4v) is 4.18. The maximum Gasteiger partial charge on any atom is 0.175 e. The molecule has 158 valence electrons. The zero-order valence-electron chi connectivity index (χ0n) is 16.9. The molecule has 0 aliphatic rings. The van der Waals surface area contributed by atoms with E-state index in [0.717, 1.165) is 15.6 Å². The average Bonchev–Trinajstić information content (AvgIpc) is 2.74. The van der Waals surface area contributed by atoms with Gasteiger partial charge in [0.25, 0.3) is 0 Å². The third kappa shape index (κ3) is 5.92. The lowest BCUT2D eigenvalue weighted by Crippen LogP contribution is -2.18. The minimum absolute atomic E-state index is 0.235. The molecular weight excluding hydrogens is 485 g/mol. The highest BCUT2D eigenvalue weighted by molar-refractivity contribution is 9.10. The molecule has 0 saturated carbocycles. The van der Waals surface area contributed by atoms with Crippen LogP contribution in [0.1, 0.15) is 36.6 Å². The Morgan fingerprint density at radius 1 is 0.967 bits per heavy atom. The molecule has 0 radical (unpaired) electrons. The van der Waals surface area contributed by atoms with Crippen molar-refractivity contribution in [2.24, 2.45) is 0 Å². The van der Waals surface area contributed by atoms with Gasteiger partial charge < -0.3 is 14.8 Å². The van der Waals surface area contributed by atoms with Crippen molar-refractivity contribution in [3.8, 4) is 11.5 Å². The SMILES string of the molecule is CCOc1cc(CN[C@H](C)c2ccccc2)cc(Br)c1OCc1c(Cl)cccc1Cl. The Labute approximate surface area is 196 Å². The first-order chi connectivity index (χ1) is 14.5. The highest BCUT2D eigenvalue weighted by atomic mass is 79.9. The maximum absolute atomic E-state index is 6.27. The molecule has 1 N–H and O–H groups in total. The summed E-state index contributed by atoms with van der Waals surface area (Å²) in [6, 6.07) is 20.1. The van der Waals surface area contributed by atoms with Gasteiger partial charge in [-0.15, -0.1) is 0 Å². The van der Waals surface area contributed by atoms with Gasteiger partial charge in [-0.1, -0.05) is 59.6 Å². The monoisotopic (exact) mass is 507 g/mol. The first-order valence-corrected chi connectivity index (χ1v) is 11.3. The van der Waals surface area contributed by atoms with Gasteiger partial charge in [0.2, 0.25) is 0 Å². The highest BCUT2D eigenvalue weighted by Gasteiger charge is 2.15. The molecule has 0 aliphatic heterocycles. The van der Waals surface area contributed by atoms with Gasteiger partial charge in [-0.2, -0.15) is 0 Å². The first-order valence-electron chi connectivity index (χ1n) is 9.78. The van der Waals surface area contributed by atoms with Gasteiger partial charge in [0.1, 0.15) is 6.61 Å². The fourth-order valence-electron chi connectivity index (χ4n) is 3.07. The smallest absolute Gasteiger partial charge is 0.175 e. The standard InChI is InChI=1S/C24H24BrCl2NO2/c1-3-29-23-13-17(14-28-16(2)18-8-5-4-6-9-18)12-20(25)24(23)30-15-19-21(26)10-7-11-22(19)27/h4-13,16,28H,3,14-15H2,1-2H3/t16-/m1/s1. The Morgan fingerprint density at radius 2 is 1.67 bits per heavy atom. The number of benzene rings is 3. The topological polar surface area (TPSA) is 30.5 Å². The summed E-state index contributed by atoms with van der Waals surface area (Å²) >= 11 is 16.2. The van der Waals surface area contributed by atoms with Crippen molar-refractivity contribution in [2.75, 3.05) is 6.61 Å². The van der Waals surface area contributed by atoms with E-state index < -0.39 is 0 Å². The lowest BCUT2D eigenvalue weighted by Gasteiger charge is -2.18. The molecule has 0 amide bonds. The van der Waals surface area contributed by atoms with Crippen LogP contribution >= 0.6 is 39.1 Å². The second-order valence-electron chi connectivity index (χ2n) is 6.84. The van der Waals surface area contributed by atoms with Crippen molar-refractivity contribution >= 4 is 39.1 Å². The Hall–Kier alpha value is -1.72. The molecule has 3 nitrogen and oxygen atoms in total. The molecule has 0 saturated heterocycles. The van der Waals surface area contributed by atoms with Gasteiger partial charge >= 0.3 is 0 Å². The van der Waals surface area contributed by atoms with Crippen LogP contribution in [-0.4, -0.2) is 6.61 Å². The van der Waals surface area contributed by atoms with E-state index in [-0.39, 0.29) is 12.6 Å². The minimum atomic E-state index is 0.235. The van der Waals surface area contributed by atoms with Crippen LogP contribution < -0.4 is 14.8 Å². The van der Waals surface area contributed by atoms with Crippen molar-refractivity contribution in [2.45, 2.75) is 33.0 Å². The van der Waals surface area contributed by atoms with Crippen LogP contribution in [0.5, 0.6) is 11.5 Å². The van der Waals surface area contributed by atoms with Crippen molar-refractivity contribution in [3.05, 3.63) is 91.9 Å². The Morgan fingerprint density at radius 3 is 2.33 bits per heavy atom. The summed E-state index contributed by atoms with van der Waals surface area (Å²) in [4.78, 5) is 0. The minimum Gasteiger partial charge on any atom is -0.490 e. The quantitative estimate of drug-likeness (QED) is 0.323. The largest absolute Gasteiger partial charge is 0.490 e. The van der Waals surface area contributed by atoms with Crippen molar-refractivity contribution in [1.29, 1.82) is 0 Å². The first kappa shape index (κ1) is 23.0. The third-order valence-corrected chi connectivity index (χ3v) is 6.00. The molecule has 0 fully saturated rings. The molecule has 0 heterocycles. The number of nitrogens with one attached hydrogen (secondary N) is 1. The molecule has 0 bridgehead atoms. The summed E-state index contributed by atoms with van der Waals surface area (Å²) in [5.41, 5.74) is 3.09. The molecule has 0 spiro atoms. The second kappa shape index (κ2) is 11.1. The molecule has 3 aromatic carbocycles. The highest BCUT2D eigenvalue weighted by Crippen LogP contribution is 2.38. The number of ether oxygens (including phenoxy) is 2. The Kier molecular flexibility index (Phi) is 8.46. The summed E-state index contributed by atoms with van der Waals surface area (Å²) in [6.45, 7) is 5.59. The number of halogens is 3. The molecule has 3 aromatic rings. The van der Waals surface area contributed by atoms with Crippen LogP contribution in [-0.2, 0) is 13.2 Å². The third-order valence-electron chi connectivity index (χ3n) is 4.70. The van der Waals surface area contributed by atoms with Gasteiger partial charge in [0, 0.05) is 28.2 Å². The Bertz CT molecular complexity index is 962. The summed E-state index contributed by atoms with van der Waals surface area (Å²) in [7, 11) is 0. The summed E-state index contributed by atoms with van der Waals surface area (Å²) in [5.74, 6) is 1.31. The summed E-state index contributed by atoms with van der Waals surface area (Å²) in [6.07, 6.45) is 0. The van der Waals surface area contributed by atoms with Gasteiger partial charge in [0.05, 0.1) is 11.1 Å². The molecule has 0 unspecified atom stereocenters. The lowest BCUT2D eigenvalue weighted by atomic mass is 10.1. The predicted molar refractivity (Wildman–Crippen MR) is 128 cm³/mol. The van der Waals surface area contributed by atoms with Gasteiger partial charge in [-0.3, -0.25) is 0 Å². The molecular formula is C24H24BrCl2NO2. The molecule has 0 aromatic heterocycles. The predicted octanol–water partition coefficient (Wildman–Crippen LogP) is 7.58. The molecule has 1 atom stereocenters. The molecule has 3 rings (SSSR count). The van der Waals surface area contributed by atoms with Gasteiger partial charge in [-0.25, -0.2) is 0 Å². The van der Waals surface area contributed by atoms with Gasteiger partial charge in [-0.05, 0) is 65.2 Å². The zero-order chi connectivity index (χ0) is 21.5. The fraction of sp³-hybridized carbons (Fsp3) is 0.250. The van der Waals surface area contributed by atoms with Crippen molar-refractivity contribution in [3.63, 3.8) is 0 Å². The summed E-state index contributed by atoms with van der Waals surface area (Å²) < 4.78 is 12.7. The summed E-state index contributed by atoms with van der Waals surface area (Å²) in [5, 5.41) is 4.70. The normalized spacial score (nSPS) is 11.9. The maximum atomic E-state index is 6.27. The van der Waals surface area contributed by atoms with E-state index in [4.69, 9.17) is 32.7 Å². The van der Waals surface area contributed by atoms with E-state index in [2.05, 4.69) is 52.4 Å². The van der Waals surface area contributed by atoms with Crippen LogP contribution in [0.3, 0.4) is 0 Å². The Balaban J connectivity index is 1.75. The average molecular weight is 509 g/mol. The molecule has 0 aliphatic carbocycles. The van der Waals surface area contributed by atoms with Crippen LogP contribution in [0.25, 0.3) is 0 Å². The molecule has 6 heteroatoms. The van der Waals surface area contributed by atoms with Crippen LogP contribution in [0.2, 0.25) is 10.0 Å². The zero-order valence-corrected chi connectivity index (χ0v) is 20.0. The molecule has 30 heavy (non-hydrogen) atoms. The second-order valence-corrected chi connectivity index (χ2v) is 8.51. The van der Waals surface area contributed by atoms with Crippen LogP contribution in [0, 0.1) is 0 Å². The van der Waals surface area contributed by atoms with E-state index in [0.29, 0.717) is 34.7 Å².